The van der Waals surface area contributed by atoms with Crippen LogP contribution < -0.4 is 5.32 Å². The highest BCUT2D eigenvalue weighted by Crippen LogP contribution is 2.18. The van der Waals surface area contributed by atoms with E-state index in [9.17, 15) is 4.79 Å². The lowest BCUT2D eigenvalue weighted by atomic mass is 10.2. The van der Waals surface area contributed by atoms with Gasteiger partial charge in [0.25, 0.3) is 5.91 Å². The van der Waals surface area contributed by atoms with Crippen molar-refractivity contribution in [2.45, 2.75) is 6.04 Å². The van der Waals surface area contributed by atoms with Crippen molar-refractivity contribution < 1.29 is 9.21 Å². The predicted molar refractivity (Wildman–Crippen MR) is 78.9 cm³/mol. The summed E-state index contributed by atoms with van der Waals surface area (Å²) in [6.45, 7) is 0.464. The second-order valence-corrected chi connectivity index (χ2v) is 5.15. The van der Waals surface area contributed by atoms with Crippen LogP contribution in [0.2, 0.25) is 5.02 Å². The van der Waals surface area contributed by atoms with E-state index in [1.165, 1.54) is 0 Å². The number of carbonyl (C=O) groups excluding carboxylic acids is 1. The van der Waals surface area contributed by atoms with E-state index in [0.29, 0.717) is 17.1 Å². The predicted octanol–water partition coefficient (Wildman–Crippen LogP) is 2.97. The summed E-state index contributed by atoms with van der Waals surface area (Å²) in [5, 5.41) is 3.45. The lowest BCUT2D eigenvalue weighted by Crippen LogP contribution is -2.34. The second kappa shape index (κ2) is 6.59. The Morgan fingerprint density at radius 1 is 1.35 bits per heavy atom. The minimum Gasteiger partial charge on any atom is -0.468 e. The van der Waals surface area contributed by atoms with Gasteiger partial charge in [-0.1, -0.05) is 17.7 Å². The highest BCUT2D eigenvalue weighted by atomic mass is 35.5. The van der Waals surface area contributed by atoms with Crippen LogP contribution in [0, 0.1) is 0 Å². The van der Waals surface area contributed by atoms with Crippen LogP contribution in [0.15, 0.2) is 47.1 Å². The zero-order valence-electron chi connectivity index (χ0n) is 11.5. The van der Waals surface area contributed by atoms with E-state index in [4.69, 9.17) is 16.0 Å². The average molecular weight is 293 g/mol. The summed E-state index contributed by atoms with van der Waals surface area (Å²) in [6.07, 6.45) is 1.63. The third-order valence-electron chi connectivity index (χ3n) is 3.04. The summed E-state index contributed by atoms with van der Waals surface area (Å²) >= 11 is 5.88. The fraction of sp³-hybridized carbons (Fsp3) is 0.267. The lowest BCUT2D eigenvalue weighted by molar-refractivity contribution is 0.0939. The van der Waals surface area contributed by atoms with Crippen molar-refractivity contribution in [1.82, 2.24) is 10.2 Å². The van der Waals surface area contributed by atoms with Crippen LogP contribution in [0.25, 0.3) is 0 Å². The van der Waals surface area contributed by atoms with E-state index < -0.39 is 0 Å². The largest absolute Gasteiger partial charge is 0.468 e. The topological polar surface area (TPSA) is 45.5 Å². The average Bonchev–Trinajstić information content (AvgIpc) is 2.92. The standard InChI is InChI=1S/C15H17ClN2O2/c1-18(2)13(14-7-4-8-20-14)10-17-15(19)11-5-3-6-12(16)9-11/h3-9,13H,10H2,1-2H3,(H,17,19). The number of amides is 1. The Balaban J connectivity index is 2.01. The second-order valence-electron chi connectivity index (χ2n) is 4.72. The fourth-order valence-corrected chi connectivity index (χ4v) is 2.13. The number of benzene rings is 1. The molecule has 1 N–H and O–H groups in total. The van der Waals surface area contributed by atoms with Crippen LogP contribution in [0.4, 0.5) is 0 Å². The number of hydrogen-bond acceptors (Lipinski definition) is 3. The van der Waals surface area contributed by atoms with E-state index in [0.717, 1.165) is 5.76 Å². The highest BCUT2D eigenvalue weighted by molar-refractivity contribution is 6.30. The van der Waals surface area contributed by atoms with E-state index in [1.807, 2.05) is 31.1 Å². The molecule has 1 atom stereocenters. The van der Waals surface area contributed by atoms with Gasteiger partial charge in [0.2, 0.25) is 0 Å². The quantitative estimate of drug-likeness (QED) is 0.921. The van der Waals surface area contributed by atoms with Crippen LogP contribution >= 0.6 is 11.6 Å². The zero-order chi connectivity index (χ0) is 14.5. The minimum absolute atomic E-state index is 0.00636. The number of hydrogen-bond donors (Lipinski definition) is 1. The molecule has 0 radical (unpaired) electrons. The van der Waals surface area contributed by atoms with E-state index in [2.05, 4.69) is 5.32 Å². The van der Waals surface area contributed by atoms with Crippen molar-refractivity contribution in [3.05, 3.63) is 59.0 Å². The summed E-state index contributed by atoms with van der Waals surface area (Å²) in [5.74, 6) is 0.673. The molecule has 2 aromatic rings. The number of carbonyl (C=O) groups is 1. The van der Waals surface area contributed by atoms with Crippen LogP contribution in [0.3, 0.4) is 0 Å². The molecule has 0 saturated carbocycles. The molecule has 1 amide bonds. The summed E-state index contributed by atoms with van der Waals surface area (Å²) in [7, 11) is 3.89. The van der Waals surface area contributed by atoms with E-state index in [-0.39, 0.29) is 11.9 Å². The zero-order valence-corrected chi connectivity index (χ0v) is 12.2. The molecule has 1 unspecified atom stereocenters. The molecule has 0 spiro atoms. The molecule has 0 fully saturated rings. The molecule has 20 heavy (non-hydrogen) atoms. The molecule has 0 aliphatic rings. The van der Waals surface area contributed by atoms with Gasteiger partial charge in [-0.15, -0.1) is 0 Å². The molecule has 2 rings (SSSR count). The smallest absolute Gasteiger partial charge is 0.251 e. The number of halogens is 1. The first-order chi connectivity index (χ1) is 9.58. The molecule has 0 aliphatic carbocycles. The van der Waals surface area contributed by atoms with Crippen LogP contribution in [-0.4, -0.2) is 31.4 Å². The number of rotatable bonds is 5. The van der Waals surface area contributed by atoms with Crippen molar-refractivity contribution in [3.63, 3.8) is 0 Å². The highest BCUT2D eigenvalue weighted by Gasteiger charge is 2.18. The first-order valence-electron chi connectivity index (χ1n) is 6.31. The van der Waals surface area contributed by atoms with E-state index >= 15 is 0 Å². The molecule has 0 bridgehead atoms. The first kappa shape index (κ1) is 14.6. The molecule has 5 heteroatoms. The minimum atomic E-state index is -0.147. The van der Waals surface area contributed by atoms with Gasteiger partial charge in [0.05, 0.1) is 12.3 Å². The van der Waals surface area contributed by atoms with Crippen molar-refractivity contribution in [1.29, 1.82) is 0 Å². The third-order valence-corrected chi connectivity index (χ3v) is 3.27. The fourth-order valence-electron chi connectivity index (χ4n) is 1.94. The van der Waals surface area contributed by atoms with Crippen molar-refractivity contribution >= 4 is 17.5 Å². The Labute approximate surface area is 123 Å². The van der Waals surface area contributed by atoms with Crippen molar-refractivity contribution in [2.75, 3.05) is 20.6 Å². The lowest BCUT2D eigenvalue weighted by Gasteiger charge is -2.22. The van der Waals surface area contributed by atoms with Gasteiger partial charge >= 0.3 is 0 Å². The van der Waals surface area contributed by atoms with Crippen LogP contribution in [0.1, 0.15) is 22.2 Å². The van der Waals surface area contributed by atoms with Gasteiger partial charge in [-0.25, -0.2) is 0 Å². The van der Waals surface area contributed by atoms with Gasteiger partial charge in [-0.05, 0) is 44.4 Å². The van der Waals surface area contributed by atoms with Gasteiger partial charge in [0.1, 0.15) is 5.76 Å². The first-order valence-corrected chi connectivity index (χ1v) is 6.69. The molecular weight excluding hydrogens is 276 g/mol. The summed E-state index contributed by atoms with van der Waals surface area (Å²) in [5.41, 5.74) is 0.550. The maximum absolute atomic E-state index is 12.1. The Hall–Kier alpha value is -1.78. The molecular formula is C15H17ClN2O2. The number of nitrogens with zero attached hydrogens (tertiary/aromatic N) is 1. The SMILES string of the molecule is CN(C)C(CNC(=O)c1cccc(Cl)c1)c1ccco1. The van der Waals surface area contributed by atoms with Crippen LogP contribution in [-0.2, 0) is 0 Å². The molecule has 1 heterocycles. The Bertz CT molecular complexity index is 567. The maximum Gasteiger partial charge on any atom is 0.251 e. The number of likely N-dealkylation sites (N-methyl/N-ethyl adjacent to an activating group) is 1. The van der Waals surface area contributed by atoms with Gasteiger partial charge in [-0.3, -0.25) is 9.69 Å². The third kappa shape index (κ3) is 3.62. The monoisotopic (exact) mass is 292 g/mol. The molecule has 0 aliphatic heterocycles. The molecule has 1 aromatic carbocycles. The molecule has 1 aromatic heterocycles. The summed E-state index contributed by atoms with van der Waals surface area (Å²) in [6, 6.07) is 10.6. The normalized spacial score (nSPS) is 12.4. The van der Waals surface area contributed by atoms with Crippen molar-refractivity contribution in [2.24, 2.45) is 0 Å². The Morgan fingerprint density at radius 3 is 2.75 bits per heavy atom. The summed E-state index contributed by atoms with van der Waals surface area (Å²) < 4.78 is 5.40. The van der Waals surface area contributed by atoms with E-state index in [1.54, 1.807) is 30.5 Å². The van der Waals surface area contributed by atoms with Crippen molar-refractivity contribution in [3.8, 4) is 0 Å². The van der Waals surface area contributed by atoms with Gasteiger partial charge < -0.3 is 9.73 Å². The number of furan rings is 1. The molecule has 106 valence electrons. The Kier molecular flexibility index (Phi) is 4.82. The molecule has 4 nitrogen and oxygen atoms in total. The molecule has 0 saturated heterocycles. The van der Waals surface area contributed by atoms with Crippen LogP contribution in [0.5, 0.6) is 0 Å². The van der Waals surface area contributed by atoms with Gasteiger partial charge in [0, 0.05) is 17.1 Å². The number of nitrogens with one attached hydrogen (secondary N) is 1. The Morgan fingerprint density at radius 2 is 2.15 bits per heavy atom. The van der Waals surface area contributed by atoms with Gasteiger partial charge in [-0.2, -0.15) is 0 Å². The maximum atomic E-state index is 12.1. The van der Waals surface area contributed by atoms with Gasteiger partial charge in [0.15, 0.2) is 0 Å². The summed E-state index contributed by atoms with van der Waals surface area (Å²) in [4.78, 5) is 14.1.